The van der Waals surface area contributed by atoms with Crippen LogP contribution in [0.1, 0.15) is 30.7 Å². The molecule has 0 fully saturated rings. The van der Waals surface area contributed by atoms with E-state index in [9.17, 15) is 0 Å². The molecule has 0 amide bonds. The summed E-state index contributed by atoms with van der Waals surface area (Å²) in [5, 5.41) is 0. The Kier molecular flexibility index (Phi) is 5.63. The number of unbranched alkanes of at least 4 members (excludes halogenated alkanes) is 1. The Balaban J connectivity index is 1.78. The van der Waals surface area contributed by atoms with E-state index in [2.05, 4.69) is 46.1 Å². The van der Waals surface area contributed by atoms with E-state index in [-0.39, 0.29) is 0 Å². The summed E-state index contributed by atoms with van der Waals surface area (Å²) in [5.41, 5.74) is 6.93. The quantitative estimate of drug-likeness (QED) is 0.739. The number of hydrogen-bond donors (Lipinski definition) is 1. The van der Waals surface area contributed by atoms with Crippen molar-refractivity contribution in [3.63, 3.8) is 0 Å². The molecule has 0 aliphatic rings. The zero-order valence-electron chi connectivity index (χ0n) is 11.5. The topological polar surface area (TPSA) is 43.8 Å². The van der Waals surface area contributed by atoms with Crippen LogP contribution in [0.5, 0.6) is 0 Å². The van der Waals surface area contributed by atoms with E-state index in [4.69, 9.17) is 5.73 Å². The van der Waals surface area contributed by atoms with Crippen LogP contribution in [0, 0.1) is 0 Å². The molecule has 0 radical (unpaired) electrons. The molecule has 0 bridgehead atoms. The van der Waals surface area contributed by atoms with Crippen molar-refractivity contribution in [2.75, 3.05) is 6.54 Å². The summed E-state index contributed by atoms with van der Waals surface area (Å²) in [7, 11) is 0. The first-order chi connectivity index (χ1) is 9.40. The summed E-state index contributed by atoms with van der Waals surface area (Å²) in [6.45, 7) is 1.82. The standard InChI is InChI=1S/C16H23N3/c17-11-4-5-13-19-14-12-18-16(19)10-6-9-15-7-2-1-3-8-15/h1-3,7-8,12,14H,4-6,9-11,13,17H2. The van der Waals surface area contributed by atoms with Crippen LogP contribution in [0.4, 0.5) is 0 Å². The van der Waals surface area contributed by atoms with Crippen molar-refractivity contribution in [3.8, 4) is 0 Å². The van der Waals surface area contributed by atoms with Gasteiger partial charge in [-0.15, -0.1) is 0 Å². The van der Waals surface area contributed by atoms with Gasteiger partial charge >= 0.3 is 0 Å². The molecule has 0 saturated carbocycles. The van der Waals surface area contributed by atoms with E-state index < -0.39 is 0 Å². The van der Waals surface area contributed by atoms with Crippen LogP contribution >= 0.6 is 0 Å². The Labute approximate surface area is 115 Å². The van der Waals surface area contributed by atoms with E-state index in [1.54, 1.807) is 0 Å². The van der Waals surface area contributed by atoms with Crippen molar-refractivity contribution in [1.82, 2.24) is 9.55 Å². The van der Waals surface area contributed by atoms with Gasteiger partial charge in [0.2, 0.25) is 0 Å². The number of rotatable bonds is 8. The third kappa shape index (κ3) is 4.52. The van der Waals surface area contributed by atoms with Crippen LogP contribution in [0.2, 0.25) is 0 Å². The van der Waals surface area contributed by atoms with Gasteiger partial charge in [-0.1, -0.05) is 30.3 Å². The summed E-state index contributed by atoms with van der Waals surface area (Å²) in [6, 6.07) is 10.6. The number of benzene rings is 1. The third-order valence-corrected chi connectivity index (χ3v) is 3.36. The van der Waals surface area contributed by atoms with E-state index in [0.29, 0.717) is 0 Å². The predicted molar refractivity (Wildman–Crippen MR) is 79.0 cm³/mol. The van der Waals surface area contributed by atoms with Gasteiger partial charge in [0.1, 0.15) is 5.82 Å². The predicted octanol–water partition coefficient (Wildman–Crippen LogP) is 2.80. The van der Waals surface area contributed by atoms with Gasteiger partial charge in [-0.2, -0.15) is 0 Å². The van der Waals surface area contributed by atoms with Crippen molar-refractivity contribution in [3.05, 3.63) is 54.1 Å². The van der Waals surface area contributed by atoms with Crippen LogP contribution in [0.15, 0.2) is 42.7 Å². The highest BCUT2D eigenvalue weighted by Crippen LogP contribution is 2.08. The lowest BCUT2D eigenvalue weighted by Gasteiger charge is -2.07. The average Bonchev–Trinajstić information content (AvgIpc) is 2.88. The van der Waals surface area contributed by atoms with Crippen LogP contribution in [0.25, 0.3) is 0 Å². The normalized spacial score (nSPS) is 10.8. The first kappa shape index (κ1) is 13.8. The zero-order valence-corrected chi connectivity index (χ0v) is 11.5. The smallest absolute Gasteiger partial charge is 0.108 e. The van der Waals surface area contributed by atoms with Crippen LogP contribution < -0.4 is 5.73 Å². The summed E-state index contributed by atoms with van der Waals surface area (Å²) in [5.74, 6) is 1.20. The van der Waals surface area contributed by atoms with Crippen molar-refractivity contribution >= 4 is 0 Å². The highest BCUT2D eigenvalue weighted by molar-refractivity contribution is 5.14. The molecule has 0 atom stereocenters. The first-order valence-electron chi connectivity index (χ1n) is 7.14. The number of aromatic nitrogens is 2. The lowest BCUT2D eigenvalue weighted by Crippen LogP contribution is -2.06. The van der Waals surface area contributed by atoms with Gasteiger partial charge in [0, 0.05) is 25.4 Å². The molecule has 1 aromatic carbocycles. The van der Waals surface area contributed by atoms with E-state index in [1.807, 2.05) is 6.20 Å². The molecule has 0 aliphatic carbocycles. The van der Waals surface area contributed by atoms with Crippen LogP contribution in [-0.4, -0.2) is 16.1 Å². The van der Waals surface area contributed by atoms with Crippen molar-refractivity contribution < 1.29 is 0 Å². The zero-order chi connectivity index (χ0) is 13.3. The van der Waals surface area contributed by atoms with Gasteiger partial charge in [-0.3, -0.25) is 0 Å². The molecule has 3 heteroatoms. The molecule has 1 heterocycles. The molecule has 19 heavy (non-hydrogen) atoms. The fourth-order valence-electron chi connectivity index (χ4n) is 2.29. The SMILES string of the molecule is NCCCCn1ccnc1CCCc1ccccc1. The van der Waals surface area contributed by atoms with Crippen molar-refractivity contribution in [2.45, 2.75) is 38.6 Å². The molecular formula is C16H23N3. The molecule has 2 rings (SSSR count). The fourth-order valence-corrected chi connectivity index (χ4v) is 2.29. The lowest BCUT2D eigenvalue weighted by molar-refractivity contribution is 0.582. The minimum absolute atomic E-state index is 0.776. The highest BCUT2D eigenvalue weighted by atomic mass is 15.1. The Bertz CT molecular complexity index is 462. The van der Waals surface area contributed by atoms with Crippen molar-refractivity contribution in [2.24, 2.45) is 5.73 Å². The number of aryl methyl sites for hydroxylation is 3. The molecule has 0 saturated heterocycles. The van der Waals surface area contributed by atoms with E-state index >= 15 is 0 Å². The lowest BCUT2D eigenvalue weighted by atomic mass is 10.1. The summed E-state index contributed by atoms with van der Waals surface area (Å²) in [6.07, 6.45) is 9.52. The molecule has 1 aromatic heterocycles. The second-order valence-electron chi connectivity index (χ2n) is 4.87. The number of nitrogens with zero attached hydrogens (tertiary/aromatic N) is 2. The number of imidazole rings is 1. The van der Waals surface area contributed by atoms with Gasteiger partial charge in [0.15, 0.2) is 0 Å². The molecule has 0 aliphatic heterocycles. The fraction of sp³-hybridized carbons (Fsp3) is 0.438. The van der Waals surface area contributed by atoms with Gasteiger partial charge in [0.05, 0.1) is 0 Å². The van der Waals surface area contributed by atoms with E-state index in [0.717, 1.165) is 45.2 Å². The molecule has 3 nitrogen and oxygen atoms in total. The Hall–Kier alpha value is -1.61. The number of hydrogen-bond acceptors (Lipinski definition) is 2. The van der Waals surface area contributed by atoms with Gasteiger partial charge < -0.3 is 10.3 Å². The van der Waals surface area contributed by atoms with E-state index in [1.165, 1.54) is 11.4 Å². The molecule has 102 valence electrons. The molecule has 0 unspecified atom stereocenters. The molecule has 2 N–H and O–H groups in total. The molecule has 0 spiro atoms. The summed E-state index contributed by atoms with van der Waals surface area (Å²) in [4.78, 5) is 4.46. The second-order valence-corrected chi connectivity index (χ2v) is 4.87. The van der Waals surface area contributed by atoms with Gasteiger partial charge in [-0.05, 0) is 37.8 Å². The minimum atomic E-state index is 0.776. The highest BCUT2D eigenvalue weighted by Gasteiger charge is 2.02. The molecular weight excluding hydrogens is 234 g/mol. The largest absolute Gasteiger partial charge is 0.335 e. The Morgan fingerprint density at radius 2 is 1.84 bits per heavy atom. The third-order valence-electron chi connectivity index (χ3n) is 3.36. The van der Waals surface area contributed by atoms with Gasteiger partial charge in [0.25, 0.3) is 0 Å². The maximum Gasteiger partial charge on any atom is 0.108 e. The monoisotopic (exact) mass is 257 g/mol. The van der Waals surface area contributed by atoms with Gasteiger partial charge in [-0.25, -0.2) is 4.98 Å². The summed E-state index contributed by atoms with van der Waals surface area (Å²) < 4.78 is 2.26. The second kappa shape index (κ2) is 7.74. The van der Waals surface area contributed by atoms with Crippen LogP contribution in [0.3, 0.4) is 0 Å². The maximum absolute atomic E-state index is 5.53. The summed E-state index contributed by atoms with van der Waals surface area (Å²) >= 11 is 0. The minimum Gasteiger partial charge on any atom is -0.335 e. The first-order valence-corrected chi connectivity index (χ1v) is 7.14. The molecule has 2 aromatic rings. The van der Waals surface area contributed by atoms with Crippen LogP contribution in [-0.2, 0) is 19.4 Å². The maximum atomic E-state index is 5.53. The Morgan fingerprint density at radius 1 is 1.00 bits per heavy atom. The Morgan fingerprint density at radius 3 is 2.63 bits per heavy atom. The average molecular weight is 257 g/mol. The number of nitrogens with two attached hydrogens (primary N) is 1. The van der Waals surface area contributed by atoms with Crippen molar-refractivity contribution in [1.29, 1.82) is 0 Å².